The highest BCUT2D eigenvalue weighted by atomic mass is 32.2. The van der Waals surface area contributed by atoms with Crippen molar-refractivity contribution in [1.29, 1.82) is 0 Å². The van der Waals surface area contributed by atoms with Crippen LogP contribution >= 0.6 is 0 Å². The van der Waals surface area contributed by atoms with Crippen LogP contribution in [-0.4, -0.2) is 34.4 Å². The van der Waals surface area contributed by atoms with Gasteiger partial charge in [0.15, 0.2) is 0 Å². The number of aromatic nitrogens is 3. The van der Waals surface area contributed by atoms with Crippen molar-refractivity contribution in [2.45, 2.75) is 37.1 Å². The summed E-state index contributed by atoms with van der Waals surface area (Å²) in [6.07, 6.45) is 9.68. The Labute approximate surface area is 187 Å². The molecule has 0 aliphatic heterocycles. The number of imidazole rings is 1. The Morgan fingerprint density at radius 1 is 1.00 bits per heavy atom. The van der Waals surface area contributed by atoms with E-state index >= 15 is 0 Å². The lowest BCUT2D eigenvalue weighted by Gasteiger charge is -2.07. The Balaban J connectivity index is 1.37. The number of hydrogen-bond donors (Lipinski definition) is 1. The summed E-state index contributed by atoms with van der Waals surface area (Å²) >= 11 is 0. The molecule has 7 nitrogen and oxygen atoms in total. The van der Waals surface area contributed by atoms with Crippen LogP contribution in [0, 0.1) is 0 Å². The highest BCUT2D eigenvalue weighted by Crippen LogP contribution is 2.26. The maximum Gasteiger partial charge on any atom is 0.268 e. The van der Waals surface area contributed by atoms with Crippen molar-refractivity contribution in [3.05, 3.63) is 85.1 Å². The number of amides is 1. The van der Waals surface area contributed by atoms with Gasteiger partial charge in [-0.2, -0.15) is 0 Å². The summed E-state index contributed by atoms with van der Waals surface area (Å²) in [7, 11) is -3.68. The van der Waals surface area contributed by atoms with E-state index in [-0.39, 0.29) is 10.8 Å². The fourth-order valence-corrected chi connectivity index (χ4v) is 5.17. The van der Waals surface area contributed by atoms with Crippen LogP contribution in [0.5, 0.6) is 0 Å². The van der Waals surface area contributed by atoms with E-state index in [0.717, 1.165) is 30.3 Å². The Bertz CT molecular complexity index is 1280. The molecule has 4 rings (SSSR count). The van der Waals surface area contributed by atoms with Crippen molar-refractivity contribution in [3.8, 4) is 0 Å². The second kappa shape index (κ2) is 9.82. The van der Waals surface area contributed by atoms with Crippen molar-refractivity contribution < 1.29 is 13.2 Å². The van der Waals surface area contributed by atoms with Gasteiger partial charge in [-0.1, -0.05) is 36.4 Å². The molecule has 0 radical (unpaired) electrons. The van der Waals surface area contributed by atoms with Gasteiger partial charge < -0.3 is 9.88 Å². The largest absolute Gasteiger partial charge is 0.356 e. The van der Waals surface area contributed by atoms with Crippen LogP contribution in [0.15, 0.2) is 84.4 Å². The average molecular weight is 451 g/mol. The van der Waals surface area contributed by atoms with Crippen LogP contribution < -0.4 is 5.32 Å². The lowest BCUT2D eigenvalue weighted by molar-refractivity contribution is -0.121. The Hall–Kier alpha value is -3.39. The Kier molecular flexibility index (Phi) is 6.70. The van der Waals surface area contributed by atoms with E-state index in [1.165, 1.54) is 3.97 Å². The third-order valence-corrected chi connectivity index (χ3v) is 7.07. The smallest absolute Gasteiger partial charge is 0.268 e. The molecule has 0 fully saturated rings. The number of nitrogens with zero attached hydrogens (tertiary/aromatic N) is 3. The minimum Gasteiger partial charge on any atom is -0.356 e. The van der Waals surface area contributed by atoms with Crippen molar-refractivity contribution in [3.63, 3.8) is 0 Å². The molecule has 1 N–H and O–H groups in total. The van der Waals surface area contributed by atoms with Crippen LogP contribution in [-0.2, 0) is 27.8 Å². The van der Waals surface area contributed by atoms with E-state index in [1.54, 1.807) is 49.1 Å². The monoisotopic (exact) mass is 450 g/mol. The molecule has 0 saturated carbocycles. The molecule has 0 unspecified atom stereocenters. The summed E-state index contributed by atoms with van der Waals surface area (Å²) in [5.74, 6) is 0.0270. The molecular formula is C24H26N4O3S. The van der Waals surface area contributed by atoms with Crippen LogP contribution in [0.1, 0.15) is 24.8 Å². The number of carbonyl (C=O) groups excluding carboxylic acids is 1. The zero-order valence-electron chi connectivity index (χ0n) is 17.7. The van der Waals surface area contributed by atoms with E-state index < -0.39 is 10.0 Å². The van der Waals surface area contributed by atoms with E-state index in [9.17, 15) is 13.2 Å². The van der Waals surface area contributed by atoms with E-state index in [0.29, 0.717) is 24.9 Å². The van der Waals surface area contributed by atoms with Crippen LogP contribution in [0.2, 0.25) is 0 Å². The normalized spacial score (nSPS) is 11.6. The topological polar surface area (TPSA) is 86.0 Å². The Morgan fingerprint density at radius 2 is 1.78 bits per heavy atom. The van der Waals surface area contributed by atoms with Gasteiger partial charge in [-0.3, -0.25) is 4.79 Å². The number of para-hydroxylation sites is 1. The maximum absolute atomic E-state index is 13.2. The number of fused-ring (bicyclic) bond motifs is 1. The third-order valence-electron chi connectivity index (χ3n) is 5.38. The quantitative estimate of drug-likeness (QED) is 0.374. The van der Waals surface area contributed by atoms with Crippen LogP contribution in [0.4, 0.5) is 0 Å². The standard InChI is InChI=1S/C24H26N4O3S/c29-24(13-7-16-27-17-15-25-19-27)26-14-6-8-20-18-28(23-12-5-4-11-22(20)23)32(30,31)21-9-2-1-3-10-21/h1-5,9-12,15,17-19H,6-8,13-14,16H2,(H,26,29). The van der Waals surface area contributed by atoms with Gasteiger partial charge in [-0.25, -0.2) is 17.4 Å². The summed E-state index contributed by atoms with van der Waals surface area (Å²) in [5.41, 5.74) is 1.62. The number of rotatable bonds is 10. The van der Waals surface area contributed by atoms with Gasteiger partial charge in [0.2, 0.25) is 5.91 Å². The second-order valence-electron chi connectivity index (χ2n) is 7.64. The number of nitrogens with one attached hydrogen (secondary N) is 1. The Morgan fingerprint density at radius 3 is 2.56 bits per heavy atom. The molecule has 166 valence electrons. The number of carbonyl (C=O) groups is 1. The van der Waals surface area contributed by atoms with Gasteiger partial charge in [0.1, 0.15) is 0 Å². The van der Waals surface area contributed by atoms with Crippen LogP contribution in [0.25, 0.3) is 10.9 Å². The van der Waals surface area contributed by atoms with E-state index in [1.807, 2.05) is 35.0 Å². The summed E-state index contributed by atoms with van der Waals surface area (Å²) in [4.78, 5) is 16.3. The van der Waals surface area contributed by atoms with Crippen molar-refractivity contribution in [2.24, 2.45) is 0 Å². The van der Waals surface area contributed by atoms with Gasteiger partial charge in [-0.05, 0) is 43.0 Å². The molecule has 0 spiro atoms. The summed E-state index contributed by atoms with van der Waals surface area (Å²) in [6.45, 7) is 1.32. The van der Waals surface area contributed by atoms with Crippen molar-refractivity contribution >= 4 is 26.8 Å². The predicted octanol–water partition coefficient (Wildman–Crippen LogP) is 3.60. The zero-order chi connectivity index (χ0) is 22.4. The van der Waals surface area contributed by atoms with E-state index in [4.69, 9.17) is 0 Å². The van der Waals surface area contributed by atoms with Crippen molar-refractivity contribution in [2.75, 3.05) is 6.54 Å². The maximum atomic E-state index is 13.2. The minimum absolute atomic E-state index is 0.0270. The molecule has 4 aromatic rings. The number of hydrogen-bond acceptors (Lipinski definition) is 4. The fraction of sp³-hybridized carbons (Fsp3) is 0.250. The zero-order valence-corrected chi connectivity index (χ0v) is 18.5. The molecule has 2 aromatic carbocycles. The highest BCUT2D eigenvalue weighted by Gasteiger charge is 2.20. The van der Waals surface area contributed by atoms with Gasteiger partial charge in [0.05, 0.1) is 16.7 Å². The average Bonchev–Trinajstić information content (AvgIpc) is 3.46. The lowest BCUT2D eigenvalue weighted by Crippen LogP contribution is -2.24. The highest BCUT2D eigenvalue weighted by molar-refractivity contribution is 7.90. The first-order valence-electron chi connectivity index (χ1n) is 10.7. The molecule has 2 aromatic heterocycles. The van der Waals surface area contributed by atoms with Gasteiger partial charge >= 0.3 is 0 Å². The summed E-state index contributed by atoms with van der Waals surface area (Å²) < 4.78 is 29.6. The molecule has 8 heteroatoms. The summed E-state index contributed by atoms with van der Waals surface area (Å²) in [6, 6.07) is 16.0. The SMILES string of the molecule is O=C(CCCn1ccnc1)NCCCc1cn(S(=O)(=O)c2ccccc2)c2ccccc12. The molecular weight excluding hydrogens is 424 g/mol. The van der Waals surface area contributed by atoms with E-state index in [2.05, 4.69) is 10.3 Å². The predicted molar refractivity (Wildman–Crippen MR) is 124 cm³/mol. The molecule has 0 bridgehead atoms. The minimum atomic E-state index is -3.68. The first-order valence-corrected chi connectivity index (χ1v) is 12.1. The first-order chi connectivity index (χ1) is 15.6. The van der Waals surface area contributed by atoms with Gasteiger partial charge in [-0.15, -0.1) is 0 Å². The lowest BCUT2D eigenvalue weighted by atomic mass is 10.1. The molecule has 0 saturated heterocycles. The molecule has 0 aliphatic carbocycles. The molecule has 32 heavy (non-hydrogen) atoms. The van der Waals surface area contributed by atoms with Crippen LogP contribution in [0.3, 0.4) is 0 Å². The van der Waals surface area contributed by atoms with Gasteiger partial charge in [0.25, 0.3) is 10.0 Å². The fourth-order valence-electron chi connectivity index (χ4n) is 3.76. The number of benzene rings is 2. The molecule has 0 aliphatic rings. The third kappa shape index (κ3) is 4.91. The first kappa shape index (κ1) is 21.8. The van der Waals surface area contributed by atoms with Crippen molar-refractivity contribution in [1.82, 2.24) is 18.8 Å². The molecule has 2 heterocycles. The second-order valence-corrected chi connectivity index (χ2v) is 9.46. The number of aryl methyl sites for hydroxylation is 2. The summed E-state index contributed by atoms with van der Waals surface area (Å²) in [5, 5.41) is 3.87. The molecule has 1 amide bonds. The van der Waals surface area contributed by atoms with Gasteiger partial charge in [0, 0.05) is 43.5 Å². The molecule has 0 atom stereocenters.